The van der Waals surface area contributed by atoms with Gasteiger partial charge in [0.05, 0.1) is 0 Å². The van der Waals surface area contributed by atoms with Crippen LogP contribution in [0.2, 0.25) is 0 Å². The second kappa shape index (κ2) is 10.6. The number of hydrogen-bond donors (Lipinski definition) is 3. The molecule has 0 atom stereocenters. The van der Waals surface area contributed by atoms with Crippen LogP contribution in [-0.2, 0) is 0 Å². The van der Waals surface area contributed by atoms with Crippen molar-refractivity contribution in [2.45, 2.75) is 0 Å². The summed E-state index contributed by atoms with van der Waals surface area (Å²) < 4.78 is 32.4. The summed E-state index contributed by atoms with van der Waals surface area (Å²) in [6.45, 7) is 0. The van der Waals surface area contributed by atoms with E-state index in [4.69, 9.17) is 18.6 Å². The summed E-state index contributed by atoms with van der Waals surface area (Å²) in [6.07, 6.45) is 8.57. The number of aromatic nitrogens is 1. The molecule has 3 aromatic carbocycles. The third-order valence-electron chi connectivity index (χ3n) is 4.34. The Kier molecular flexibility index (Phi) is 7.67. The van der Waals surface area contributed by atoms with Crippen LogP contribution >= 0.6 is 0 Å². The van der Waals surface area contributed by atoms with E-state index in [9.17, 15) is 0 Å². The second-order valence-corrected chi connectivity index (χ2v) is 7.52. The van der Waals surface area contributed by atoms with Gasteiger partial charge in [-0.3, -0.25) is 0 Å². The molecule has 4 rings (SSSR count). The van der Waals surface area contributed by atoms with Crippen molar-refractivity contribution < 1.29 is 33.4 Å². The van der Waals surface area contributed by atoms with Crippen LogP contribution in [0.25, 0.3) is 34.5 Å². The number of halogens is 1. The molecule has 31 heavy (non-hydrogen) atoms. The predicted octanol–water partition coefficient (Wildman–Crippen LogP) is 3.08. The van der Waals surface area contributed by atoms with Crippen molar-refractivity contribution >= 4 is 12.3 Å². The zero-order valence-corrected chi connectivity index (χ0v) is 17.4. The molecule has 5 nitrogen and oxygen atoms in total. The molecule has 1 aromatic heterocycles. The summed E-state index contributed by atoms with van der Waals surface area (Å²) in [7, 11) is -4.19. The number of benzene rings is 3. The van der Waals surface area contributed by atoms with E-state index in [2.05, 4.69) is 108 Å². The molecule has 0 spiro atoms. The van der Waals surface area contributed by atoms with Gasteiger partial charge in [-0.15, -0.1) is 0 Å². The normalized spacial score (nSPS) is 11.6. The van der Waals surface area contributed by atoms with E-state index in [1.807, 2.05) is 18.2 Å². The molecule has 4 aromatic rings. The minimum absolute atomic E-state index is 1.19. The molecule has 0 aliphatic rings. The van der Waals surface area contributed by atoms with Crippen LogP contribution in [0.1, 0.15) is 5.56 Å². The number of nitrogens with zero attached hydrogens (tertiary/aromatic N) is 1. The van der Waals surface area contributed by atoms with E-state index in [1.54, 1.807) is 0 Å². The monoisotopic (exact) mass is 436 g/mol. The summed E-state index contributed by atoms with van der Waals surface area (Å²) in [6, 6.07) is 33.6. The number of rotatable bonds is 4. The molecule has 0 saturated carbocycles. The first-order valence-electron chi connectivity index (χ1n) is 9.44. The fourth-order valence-corrected chi connectivity index (χ4v) is 3.00. The minimum atomic E-state index is -4.19. The molecule has 158 valence electrons. The molecular weight excluding hydrogens is 414 g/mol. The average molecular weight is 437 g/mol. The quantitative estimate of drug-likeness (QED) is 0.429. The van der Waals surface area contributed by atoms with E-state index in [1.165, 1.54) is 27.8 Å². The molecule has 0 fully saturated rings. The predicted molar refractivity (Wildman–Crippen MR) is 116 cm³/mol. The standard InChI is InChI=1S/C25H20N.ClH3O4/c1-4-10-21(11-5-1)16-17-26-19-24(22-12-6-2-7-13-22)18-25(20-26)23-14-8-3-9-15-23;2-1(3,4)5/h1-20H;2-4H/q+1;/b17-16+;. The van der Waals surface area contributed by atoms with E-state index < -0.39 is 10.2 Å². The molecule has 0 aliphatic heterocycles. The SMILES string of the molecule is C(=C\[n+]1cc(-c2ccccc2)cc(-c2ccccc2)c1)/c1ccccc1.[O-][Cl+](O)(O)O. The van der Waals surface area contributed by atoms with Crippen LogP contribution in [0.3, 0.4) is 0 Å². The third kappa shape index (κ3) is 7.79. The molecule has 0 unspecified atom stereocenters. The van der Waals surface area contributed by atoms with Gasteiger partial charge in [0.15, 0.2) is 18.6 Å². The Morgan fingerprint density at radius 3 is 1.42 bits per heavy atom. The summed E-state index contributed by atoms with van der Waals surface area (Å²) in [5.41, 5.74) is 6.01. The van der Waals surface area contributed by atoms with Crippen molar-refractivity contribution in [3.8, 4) is 22.3 Å². The van der Waals surface area contributed by atoms with Gasteiger partial charge < -0.3 is 0 Å². The molecular formula is C25H23ClNO4+. The van der Waals surface area contributed by atoms with E-state index in [-0.39, 0.29) is 0 Å². The molecule has 1 heterocycles. The van der Waals surface area contributed by atoms with Gasteiger partial charge in [0.25, 0.3) is 0 Å². The molecule has 0 aliphatic carbocycles. The van der Waals surface area contributed by atoms with E-state index in [0.717, 1.165) is 0 Å². The molecule has 0 saturated heterocycles. The summed E-state index contributed by atoms with van der Waals surface area (Å²) in [4.78, 5) is 0. The summed E-state index contributed by atoms with van der Waals surface area (Å²) in [5.74, 6) is 0. The molecule has 0 amide bonds. The van der Waals surface area contributed by atoms with Gasteiger partial charge >= 0.3 is 28.9 Å². The molecule has 6 heteroatoms. The molecule has 0 bridgehead atoms. The molecule has 0 radical (unpaired) electrons. The van der Waals surface area contributed by atoms with Crippen molar-refractivity contribution in [2.75, 3.05) is 0 Å². The van der Waals surface area contributed by atoms with Crippen LogP contribution in [0.15, 0.2) is 109 Å². The number of pyridine rings is 1. The third-order valence-corrected chi connectivity index (χ3v) is 4.34. The first kappa shape index (κ1) is 22.4. The van der Waals surface area contributed by atoms with Crippen LogP contribution in [-0.4, -0.2) is 14.0 Å². The Morgan fingerprint density at radius 1 is 0.613 bits per heavy atom. The second-order valence-electron chi connectivity index (χ2n) is 6.65. The zero-order valence-electron chi connectivity index (χ0n) is 16.6. The fraction of sp³-hybridized carbons (Fsp3) is 0. The van der Waals surface area contributed by atoms with Crippen LogP contribution < -0.4 is 9.23 Å². The van der Waals surface area contributed by atoms with Crippen molar-refractivity contribution in [3.05, 3.63) is 115 Å². The Balaban J connectivity index is 0.000000491. The maximum absolute atomic E-state index is 8.83. The van der Waals surface area contributed by atoms with Crippen LogP contribution in [0.5, 0.6) is 0 Å². The van der Waals surface area contributed by atoms with Crippen molar-refractivity contribution in [2.24, 2.45) is 0 Å². The Morgan fingerprint density at radius 2 is 1.00 bits per heavy atom. The van der Waals surface area contributed by atoms with Gasteiger partial charge in [-0.1, -0.05) is 91.0 Å². The average Bonchev–Trinajstić information content (AvgIpc) is 2.78. The first-order chi connectivity index (χ1) is 14.9. The van der Waals surface area contributed by atoms with Gasteiger partial charge in [-0.2, -0.15) is 4.57 Å². The Hall–Kier alpha value is -3.32. The van der Waals surface area contributed by atoms with E-state index in [0.29, 0.717) is 0 Å². The Bertz CT molecular complexity index is 1050. The topological polar surface area (TPSA) is 87.6 Å². The fourth-order valence-electron chi connectivity index (χ4n) is 3.00. The van der Waals surface area contributed by atoms with Gasteiger partial charge in [0, 0.05) is 17.2 Å². The van der Waals surface area contributed by atoms with E-state index >= 15 is 0 Å². The van der Waals surface area contributed by atoms with Gasteiger partial charge in [0.2, 0.25) is 0 Å². The van der Waals surface area contributed by atoms with Crippen LogP contribution in [0.4, 0.5) is 0 Å². The van der Waals surface area contributed by atoms with Gasteiger partial charge in [0.1, 0.15) is 0 Å². The zero-order chi connectivity index (χ0) is 22.1. The van der Waals surface area contributed by atoms with Crippen molar-refractivity contribution in [3.63, 3.8) is 0 Å². The summed E-state index contributed by atoms with van der Waals surface area (Å²) in [5, 5.41) is 0. The van der Waals surface area contributed by atoms with Gasteiger partial charge in [-0.25, -0.2) is 0 Å². The first-order valence-corrected chi connectivity index (χ1v) is 10.8. The maximum atomic E-state index is 8.83. The van der Waals surface area contributed by atoms with Gasteiger partial charge in [-0.05, 0) is 22.8 Å². The van der Waals surface area contributed by atoms with Crippen molar-refractivity contribution in [1.82, 2.24) is 0 Å². The summed E-state index contributed by atoms with van der Waals surface area (Å²) >= 11 is 0. The van der Waals surface area contributed by atoms with Crippen LogP contribution in [0, 0.1) is 10.2 Å². The van der Waals surface area contributed by atoms with Crippen molar-refractivity contribution in [1.29, 1.82) is 0 Å². The molecule has 3 N–H and O–H groups in total. The Labute approximate surface area is 183 Å². The number of hydrogen-bond acceptors (Lipinski definition) is 4.